The van der Waals surface area contributed by atoms with E-state index in [1.165, 1.54) is 0 Å². The summed E-state index contributed by atoms with van der Waals surface area (Å²) in [5.41, 5.74) is 1.54. The minimum Gasteiger partial charge on any atom is -0.361 e. The second-order valence-electron chi connectivity index (χ2n) is 4.02. The Bertz CT molecular complexity index is 580. The highest BCUT2D eigenvalue weighted by atomic mass is 16.1. The molecule has 1 aromatic heterocycles. The molecule has 0 aliphatic carbocycles. The Labute approximate surface area is 99.3 Å². The lowest BCUT2D eigenvalue weighted by Crippen LogP contribution is -2.27. The van der Waals surface area contributed by atoms with Crippen molar-refractivity contribution in [2.24, 2.45) is 5.92 Å². The predicted molar refractivity (Wildman–Crippen MR) is 65.4 cm³/mol. The third-order valence-corrected chi connectivity index (χ3v) is 2.61. The van der Waals surface area contributed by atoms with Gasteiger partial charge in [0.1, 0.15) is 0 Å². The van der Waals surface area contributed by atoms with Crippen LogP contribution in [0.3, 0.4) is 0 Å². The number of hydrogen-bond donors (Lipinski definition) is 2. The Kier molecular flexibility index (Phi) is 3.10. The van der Waals surface area contributed by atoms with E-state index in [1.807, 2.05) is 24.4 Å². The normalized spacial score (nSPS) is 12.0. The molecule has 17 heavy (non-hydrogen) atoms. The number of aromatic nitrogens is 1. The standard InChI is InChI=1S/C13H13N3O/c1-9(7-14)8-16-13(17)11-3-2-10-4-5-15-12(10)6-11/h2-6,9,15H,8H2,1H3,(H,16,17)/t9-/m1/s1. The molecule has 86 valence electrons. The van der Waals surface area contributed by atoms with Gasteiger partial charge in [0.05, 0.1) is 12.0 Å². The Morgan fingerprint density at radius 2 is 2.35 bits per heavy atom. The molecular weight excluding hydrogens is 214 g/mol. The maximum atomic E-state index is 11.8. The van der Waals surface area contributed by atoms with Crippen molar-refractivity contribution in [2.75, 3.05) is 6.54 Å². The minimum absolute atomic E-state index is 0.149. The summed E-state index contributed by atoms with van der Waals surface area (Å²) in [6.07, 6.45) is 1.84. The molecule has 1 atom stereocenters. The van der Waals surface area contributed by atoms with E-state index in [-0.39, 0.29) is 11.8 Å². The van der Waals surface area contributed by atoms with E-state index in [2.05, 4.69) is 16.4 Å². The number of rotatable bonds is 3. The molecule has 2 N–H and O–H groups in total. The molecule has 0 aliphatic heterocycles. The van der Waals surface area contributed by atoms with Gasteiger partial charge in [-0.3, -0.25) is 4.79 Å². The summed E-state index contributed by atoms with van der Waals surface area (Å²) in [7, 11) is 0. The average Bonchev–Trinajstić information content (AvgIpc) is 2.82. The Morgan fingerprint density at radius 3 is 3.12 bits per heavy atom. The first-order chi connectivity index (χ1) is 8.20. The van der Waals surface area contributed by atoms with Crippen molar-refractivity contribution >= 4 is 16.8 Å². The predicted octanol–water partition coefficient (Wildman–Crippen LogP) is 2.06. The molecule has 0 aliphatic rings. The molecule has 1 heterocycles. The van der Waals surface area contributed by atoms with Crippen LogP contribution in [0.2, 0.25) is 0 Å². The molecule has 0 saturated carbocycles. The molecule has 0 saturated heterocycles. The van der Waals surface area contributed by atoms with Gasteiger partial charge in [0.2, 0.25) is 0 Å². The first-order valence-electron chi connectivity index (χ1n) is 5.45. The molecule has 2 rings (SSSR count). The smallest absolute Gasteiger partial charge is 0.251 e. The lowest BCUT2D eigenvalue weighted by atomic mass is 10.1. The Balaban J connectivity index is 2.11. The number of nitrogens with zero attached hydrogens (tertiary/aromatic N) is 1. The molecular formula is C13H13N3O. The largest absolute Gasteiger partial charge is 0.361 e. The summed E-state index contributed by atoms with van der Waals surface area (Å²) < 4.78 is 0. The quantitative estimate of drug-likeness (QED) is 0.842. The van der Waals surface area contributed by atoms with Crippen LogP contribution in [0.15, 0.2) is 30.5 Å². The number of aromatic amines is 1. The highest BCUT2D eigenvalue weighted by Crippen LogP contribution is 2.13. The van der Waals surface area contributed by atoms with E-state index in [0.717, 1.165) is 10.9 Å². The van der Waals surface area contributed by atoms with Crippen molar-refractivity contribution in [1.82, 2.24) is 10.3 Å². The van der Waals surface area contributed by atoms with Gasteiger partial charge in [-0.1, -0.05) is 6.07 Å². The number of carbonyl (C=O) groups is 1. The van der Waals surface area contributed by atoms with Gasteiger partial charge in [0, 0.05) is 23.8 Å². The van der Waals surface area contributed by atoms with Gasteiger partial charge in [0.15, 0.2) is 0 Å². The maximum absolute atomic E-state index is 11.8. The second kappa shape index (κ2) is 4.71. The number of nitrogens with one attached hydrogen (secondary N) is 2. The molecule has 0 fully saturated rings. The van der Waals surface area contributed by atoms with Crippen LogP contribution in [0.4, 0.5) is 0 Å². The zero-order chi connectivity index (χ0) is 12.3. The number of fused-ring (bicyclic) bond motifs is 1. The molecule has 0 spiro atoms. The van der Waals surface area contributed by atoms with Crippen LogP contribution in [0.25, 0.3) is 10.9 Å². The Hall–Kier alpha value is -2.28. The zero-order valence-electron chi connectivity index (χ0n) is 9.53. The first kappa shape index (κ1) is 11.2. The van der Waals surface area contributed by atoms with Gasteiger partial charge in [-0.25, -0.2) is 0 Å². The zero-order valence-corrected chi connectivity index (χ0v) is 9.53. The van der Waals surface area contributed by atoms with Gasteiger partial charge < -0.3 is 10.3 Å². The number of amides is 1. The number of hydrogen-bond acceptors (Lipinski definition) is 2. The third kappa shape index (κ3) is 2.45. The molecule has 4 heteroatoms. The van der Waals surface area contributed by atoms with Gasteiger partial charge in [-0.2, -0.15) is 5.26 Å². The van der Waals surface area contributed by atoms with E-state index >= 15 is 0 Å². The SMILES string of the molecule is C[C@H](C#N)CNC(=O)c1ccc2cc[nH]c2c1. The monoisotopic (exact) mass is 227 g/mol. The molecule has 1 aromatic carbocycles. The fourth-order valence-corrected chi connectivity index (χ4v) is 1.58. The molecule has 1 amide bonds. The van der Waals surface area contributed by atoms with Gasteiger partial charge in [0.25, 0.3) is 5.91 Å². The second-order valence-corrected chi connectivity index (χ2v) is 4.02. The number of carbonyl (C=O) groups excluding carboxylic acids is 1. The summed E-state index contributed by atoms with van der Waals surface area (Å²) in [5.74, 6) is -0.322. The fourth-order valence-electron chi connectivity index (χ4n) is 1.58. The Morgan fingerprint density at radius 1 is 1.53 bits per heavy atom. The summed E-state index contributed by atoms with van der Waals surface area (Å²) in [5, 5.41) is 12.4. The van der Waals surface area contributed by atoms with E-state index in [0.29, 0.717) is 12.1 Å². The van der Waals surface area contributed by atoms with Gasteiger partial charge >= 0.3 is 0 Å². The van der Waals surface area contributed by atoms with Crippen LogP contribution in [0.5, 0.6) is 0 Å². The number of nitriles is 1. The van der Waals surface area contributed by atoms with Gasteiger partial charge in [-0.05, 0) is 30.5 Å². The topological polar surface area (TPSA) is 68.7 Å². The van der Waals surface area contributed by atoms with Crippen LogP contribution in [0.1, 0.15) is 17.3 Å². The highest BCUT2D eigenvalue weighted by Gasteiger charge is 2.08. The maximum Gasteiger partial charge on any atom is 0.251 e. The average molecular weight is 227 g/mol. The minimum atomic E-state index is -0.173. The van der Waals surface area contributed by atoms with Crippen LogP contribution in [-0.4, -0.2) is 17.4 Å². The van der Waals surface area contributed by atoms with Crippen molar-refractivity contribution < 1.29 is 4.79 Å². The summed E-state index contributed by atoms with van der Waals surface area (Å²) in [4.78, 5) is 14.9. The summed E-state index contributed by atoms with van der Waals surface area (Å²) in [6, 6.07) is 9.51. The lowest BCUT2D eigenvalue weighted by molar-refractivity contribution is 0.0951. The molecule has 0 bridgehead atoms. The van der Waals surface area contributed by atoms with Crippen molar-refractivity contribution in [1.29, 1.82) is 5.26 Å². The molecule has 0 radical (unpaired) electrons. The van der Waals surface area contributed by atoms with E-state index in [9.17, 15) is 4.79 Å². The van der Waals surface area contributed by atoms with Crippen LogP contribution < -0.4 is 5.32 Å². The van der Waals surface area contributed by atoms with E-state index in [4.69, 9.17) is 5.26 Å². The third-order valence-electron chi connectivity index (χ3n) is 2.61. The lowest BCUT2D eigenvalue weighted by Gasteiger charge is -2.06. The van der Waals surface area contributed by atoms with E-state index in [1.54, 1.807) is 13.0 Å². The van der Waals surface area contributed by atoms with Gasteiger partial charge in [-0.15, -0.1) is 0 Å². The van der Waals surface area contributed by atoms with Crippen molar-refractivity contribution in [3.63, 3.8) is 0 Å². The molecule has 4 nitrogen and oxygen atoms in total. The number of H-pyrrole nitrogens is 1. The van der Waals surface area contributed by atoms with Crippen molar-refractivity contribution in [3.05, 3.63) is 36.0 Å². The van der Waals surface area contributed by atoms with E-state index < -0.39 is 0 Å². The first-order valence-corrected chi connectivity index (χ1v) is 5.45. The summed E-state index contributed by atoms with van der Waals surface area (Å²) >= 11 is 0. The van der Waals surface area contributed by atoms with Crippen molar-refractivity contribution in [3.8, 4) is 6.07 Å². The van der Waals surface area contributed by atoms with Crippen molar-refractivity contribution in [2.45, 2.75) is 6.92 Å². The van der Waals surface area contributed by atoms with Crippen LogP contribution >= 0.6 is 0 Å². The number of benzene rings is 1. The van der Waals surface area contributed by atoms with Crippen LogP contribution in [0, 0.1) is 17.2 Å². The fraction of sp³-hybridized carbons (Fsp3) is 0.231. The molecule has 0 unspecified atom stereocenters. The summed E-state index contributed by atoms with van der Waals surface area (Å²) in [6.45, 7) is 2.15. The van der Waals surface area contributed by atoms with Crippen LogP contribution in [-0.2, 0) is 0 Å². The molecule has 2 aromatic rings. The highest BCUT2D eigenvalue weighted by molar-refractivity contribution is 5.97.